The SMILES string of the molecule is COc1cccc(C(=O)N(CCN2CCOCC2)CC(=O)N(Cc2ccccc2)Cc2ccco2)c1. The lowest BCUT2D eigenvalue weighted by Crippen LogP contribution is -2.47. The average molecular weight is 492 g/mol. The second-order valence-corrected chi connectivity index (χ2v) is 8.73. The third-order valence-electron chi connectivity index (χ3n) is 6.22. The normalized spacial score (nSPS) is 13.8. The van der Waals surface area contributed by atoms with Gasteiger partial charge in [0.15, 0.2) is 0 Å². The Morgan fingerprint density at radius 2 is 1.75 bits per heavy atom. The molecule has 8 nitrogen and oxygen atoms in total. The number of nitrogens with zero attached hydrogens (tertiary/aromatic N) is 3. The maximum atomic E-state index is 13.6. The van der Waals surface area contributed by atoms with Gasteiger partial charge in [0, 0.05) is 38.3 Å². The third kappa shape index (κ3) is 7.19. The summed E-state index contributed by atoms with van der Waals surface area (Å²) in [6.45, 7) is 4.80. The minimum atomic E-state index is -0.201. The average Bonchev–Trinajstić information content (AvgIpc) is 3.44. The van der Waals surface area contributed by atoms with Crippen LogP contribution in [-0.2, 0) is 22.6 Å². The van der Waals surface area contributed by atoms with Gasteiger partial charge >= 0.3 is 0 Å². The molecule has 1 aliphatic heterocycles. The molecule has 2 aromatic carbocycles. The van der Waals surface area contributed by atoms with Crippen molar-refractivity contribution < 1.29 is 23.5 Å². The van der Waals surface area contributed by atoms with Gasteiger partial charge in [0.2, 0.25) is 5.91 Å². The number of carbonyl (C=O) groups excluding carboxylic acids is 2. The molecule has 36 heavy (non-hydrogen) atoms. The first-order valence-corrected chi connectivity index (χ1v) is 12.2. The van der Waals surface area contributed by atoms with Gasteiger partial charge in [0.05, 0.1) is 33.1 Å². The highest BCUT2D eigenvalue weighted by Crippen LogP contribution is 2.16. The summed E-state index contributed by atoms with van der Waals surface area (Å²) in [5.74, 6) is 0.948. The highest BCUT2D eigenvalue weighted by Gasteiger charge is 2.24. The van der Waals surface area contributed by atoms with Crippen molar-refractivity contribution in [2.75, 3.05) is 53.0 Å². The Balaban J connectivity index is 1.52. The number of benzene rings is 2. The van der Waals surface area contributed by atoms with Crippen LogP contribution in [0.5, 0.6) is 5.75 Å². The van der Waals surface area contributed by atoms with E-state index in [1.165, 1.54) is 0 Å². The summed E-state index contributed by atoms with van der Waals surface area (Å²) in [6.07, 6.45) is 1.60. The first-order chi connectivity index (χ1) is 17.6. The van der Waals surface area contributed by atoms with Crippen molar-refractivity contribution >= 4 is 11.8 Å². The van der Waals surface area contributed by atoms with E-state index in [4.69, 9.17) is 13.9 Å². The Morgan fingerprint density at radius 1 is 0.944 bits per heavy atom. The molecule has 0 N–H and O–H groups in total. The van der Waals surface area contributed by atoms with E-state index in [0.29, 0.717) is 56.5 Å². The van der Waals surface area contributed by atoms with Crippen molar-refractivity contribution in [2.24, 2.45) is 0 Å². The number of rotatable bonds is 11. The summed E-state index contributed by atoms with van der Waals surface area (Å²) in [4.78, 5) is 32.8. The highest BCUT2D eigenvalue weighted by atomic mass is 16.5. The fourth-order valence-corrected chi connectivity index (χ4v) is 4.17. The van der Waals surface area contributed by atoms with Gasteiger partial charge in [0.1, 0.15) is 18.1 Å². The van der Waals surface area contributed by atoms with E-state index < -0.39 is 0 Å². The molecular weight excluding hydrogens is 458 g/mol. The monoisotopic (exact) mass is 491 g/mol. The molecule has 0 spiro atoms. The summed E-state index contributed by atoms with van der Waals surface area (Å²) in [5.41, 5.74) is 1.50. The van der Waals surface area contributed by atoms with Crippen molar-refractivity contribution in [3.63, 3.8) is 0 Å². The molecule has 0 atom stereocenters. The molecule has 1 fully saturated rings. The summed E-state index contributed by atoms with van der Waals surface area (Å²) in [5, 5.41) is 0. The number of morpholine rings is 1. The number of methoxy groups -OCH3 is 1. The predicted octanol–water partition coefficient (Wildman–Crippen LogP) is 3.29. The molecule has 1 aromatic heterocycles. The van der Waals surface area contributed by atoms with Crippen molar-refractivity contribution in [3.8, 4) is 5.75 Å². The van der Waals surface area contributed by atoms with Crippen LogP contribution in [-0.4, -0.2) is 79.6 Å². The van der Waals surface area contributed by atoms with Crippen LogP contribution in [0.3, 0.4) is 0 Å². The van der Waals surface area contributed by atoms with Crippen LogP contribution < -0.4 is 4.74 Å². The van der Waals surface area contributed by atoms with Gasteiger partial charge in [-0.05, 0) is 35.9 Å². The standard InChI is InChI=1S/C28H33N3O5/c1-34-25-10-5-9-24(19-25)28(33)30(13-12-29-14-17-35-18-15-29)22-27(32)31(21-26-11-6-16-36-26)20-23-7-3-2-4-8-23/h2-11,16,19H,12-15,17-18,20-22H2,1H3. The molecule has 8 heteroatoms. The summed E-state index contributed by atoms with van der Waals surface area (Å²) in [6, 6.07) is 20.5. The number of ether oxygens (including phenoxy) is 2. The topological polar surface area (TPSA) is 75.5 Å². The van der Waals surface area contributed by atoms with Crippen LogP contribution in [0.2, 0.25) is 0 Å². The van der Waals surface area contributed by atoms with Gasteiger partial charge in [-0.25, -0.2) is 0 Å². The third-order valence-corrected chi connectivity index (χ3v) is 6.22. The molecule has 4 rings (SSSR count). The van der Waals surface area contributed by atoms with Crippen molar-refractivity contribution in [1.29, 1.82) is 0 Å². The fraction of sp³-hybridized carbons (Fsp3) is 0.357. The molecule has 0 unspecified atom stereocenters. The van der Waals surface area contributed by atoms with Gasteiger partial charge in [-0.3, -0.25) is 14.5 Å². The van der Waals surface area contributed by atoms with Gasteiger partial charge in [0.25, 0.3) is 5.91 Å². The molecule has 1 saturated heterocycles. The molecule has 0 aliphatic carbocycles. The zero-order valence-electron chi connectivity index (χ0n) is 20.7. The van der Waals surface area contributed by atoms with Gasteiger partial charge in [-0.1, -0.05) is 36.4 Å². The van der Waals surface area contributed by atoms with E-state index in [1.54, 1.807) is 47.4 Å². The van der Waals surface area contributed by atoms with Crippen LogP contribution >= 0.6 is 0 Å². The van der Waals surface area contributed by atoms with Crippen LogP contribution in [0.4, 0.5) is 0 Å². The lowest BCUT2D eigenvalue weighted by molar-refractivity contribution is -0.133. The molecule has 190 valence electrons. The minimum absolute atomic E-state index is 0.0338. The number of carbonyl (C=O) groups is 2. The van der Waals surface area contributed by atoms with E-state index in [0.717, 1.165) is 18.7 Å². The van der Waals surface area contributed by atoms with Crippen LogP contribution in [0.25, 0.3) is 0 Å². The summed E-state index contributed by atoms with van der Waals surface area (Å²) < 4.78 is 16.3. The van der Waals surface area contributed by atoms with Gasteiger partial charge in [-0.15, -0.1) is 0 Å². The van der Waals surface area contributed by atoms with Crippen LogP contribution in [0, 0.1) is 0 Å². The Hall–Kier alpha value is -3.62. The van der Waals surface area contributed by atoms with Crippen molar-refractivity contribution in [3.05, 3.63) is 89.9 Å². The minimum Gasteiger partial charge on any atom is -0.497 e. The number of hydrogen-bond acceptors (Lipinski definition) is 6. The maximum Gasteiger partial charge on any atom is 0.254 e. The van der Waals surface area contributed by atoms with E-state index in [9.17, 15) is 9.59 Å². The first-order valence-electron chi connectivity index (χ1n) is 12.2. The summed E-state index contributed by atoms with van der Waals surface area (Å²) >= 11 is 0. The zero-order chi connectivity index (χ0) is 25.2. The molecular formula is C28H33N3O5. The molecule has 0 radical (unpaired) electrons. The number of furan rings is 1. The Kier molecular flexibility index (Phi) is 9.13. The quantitative estimate of drug-likeness (QED) is 0.410. The Bertz CT molecular complexity index is 1100. The Labute approximate surface area is 212 Å². The maximum absolute atomic E-state index is 13.6. The predicted molar refractivity (Wildman–Crippen MR) is 136 cm³/mol. The van der Waals surface area contributed by atoms with Crippen molar-refractivity contribution in [2.45, 2.75) is 13.1 Å². The largest absolute Gasteiger partial charge is 0.497 e. The van der Waals surface area contributed by atoms with E-state index >= 15 is 0 Å². The summed E-state index contributed by atoms with van der Waals surface area (Å²) in [7, 11) is 1.57. The van der Waals surface area contributed by atoms with Gasteiger partial charge < -0.3 is 23.7 Å². The Morgan fingerprint density at radius 3 is 2.47 bits per heavy atom. The second-order valence-electron chi connectivity index (χ2n) is 8.73. The molecule has 1 aliphatic rings. The number of amides is 2. The van der Waals surface area contributed by atoms with E-state index in [1.807, 2.05) is 42.5 Å². The lowest BCUT2D eigenvalue weighted by atomic mass is 10.1. The number of hydrogen-bond donors (Lipinski definition) is 0. The molecule has 3 aromatic rings. The lowest BCUT2D eigenvalue weighted by Gasteiger charge is -2.31. The van der Waals surface area contributed by atoms with E-state index in [-0.39, 0.29) is 18.4 Å². The molecule has 2 amide bonds. The zero-order valence-corrected chi connectivity index (χ0v) is 20.7. The van der Waals surface area contributed by atoms with Crippen molar-refractivity contribution in [1.82, 2.24) is 14.7 Å². The molecule has 2 heterocycles. The van der Waals surface area contributed by atoms with Gasteiger partial charge in [-0.2, -0.15) is 0 Å². The molecule has 0 bridgehead atoms. The van der Waals surface area contributed by atoms with Crippen LogP contribution in [0.1, 0.15) is 21.7 Å². The molecule has 0 saturated carbocycles. The second kappa shape index (κ2) is 12.9. The fourth-order valence-electron chi connectivity index (χ4n) is 4.17. The van der Waals surface area contributed by atoms with E-state index in [2.05, 4.69) is 4.90 Å². The smallest absolute Gasteiger partial charge is 0.254 e. The highest BCUT2D eigenvalue weighted by molar-refractivity contribution is 5.96. The van der Waals surface area contributed by atoms with Crippen LogP contribution in [0.15, 0.2) is 77.4 Å². The first kappa shape index (κ1) is 25.5.